The van der Waals surface area contributed by atoms with E-state index in [-0.39, 0.29) is 6.04 Å². The summed E-state index contributed by atoms with van der Waals surface area (Å²) >= 11 is 0. The van der Waals surface area contributed by atoms with Gasteiger partial charge in [0.25, 0.3) is 0 Å². The molecular formula is C11H18N4. The van der Waals surface area contributed by atoms with Crippen molar-refractivity contribution < 1.29 is 0 Å². The molecule has 1 aromatic heterocycles. The van der Waals surface area contributed by atoms with Crippen LogP contribution in [0.2, 0.25) is 0 Å². The van der Waals surface area contributed by atoms with E-state index in [4.69, 9.17) is 0 Å². The zero-order chi connectivity index (χ0) is 10.5. The average molecular weight is 206 g/mol. The fraction of sp³-hybridized carbons (Fsp3) is 0.636. The molecule has 0 bridgehead atoms. The van der Waals surface area contributed by atoms with Gasteiger partial charge in [-0.1, -0.05) is 18.1 Å². The Kier molecular flexibility index (Phi) is 3.50. The van der Waals surface area contributed by atoms with Crippen LogP contribution in [0.15, 0.2) is 17.8 Å². The molecule has 0 saturated carbocycles. The van der Waals surface area contributed by atoms with Crippen molar-refractivity contribution in [3.63, 3.8) is 0 Å². The van der Waals surface area contributed by atoms with Gasteiger partial charge < -0.3 is 5.32 Å². The molecule has 1 aromatic rings. The first-order valence-corrected chi connectivity index (χ1v) is 5.63. The molecule has 2 N–H and O–H groups in total. The van der Waals surface area contributed by atoms with Gasteiger partial charge in [-0.2, -0.15) is 15.4 Å². The van der Waals surface area contributed by atoms with Crippen molar-refractivity contribution in [1.29, 1.82) is 0 Å². The van der Waals surface area contributed by atoms with Crippen molar-refractivity contribution in [3.05, 3.63) is 23.5 Å². The second kappa shape index (κ2) is 5.07. The molecular weight excluding hydrogens is 188 g/mol. The predicted molar refractivity (Wildman–Crippen MR) is 59.4 cm³/mol. The summed E-state index contributed by atoms with van der Waals surface area (Å²) in [6.07, 6.45) is 10.5. The highest BCUT2D eigenvalue weighted by Crippen LogP contribution is 2.27. The summed E-state index contributed by atoms with van der Waals surface area (Å²) in [6.45, 7) is 0. The lowest BCUT2D eigenvalue weighted by Crippen LogP contribution is -2.19. The summed E-state index contributed by atoms with van der Waals surface area (Å²) in [4.78, 5) is 0. The normalized spacial score (nSPS) is 19.4. The van der Waals surface area contributed by atoms with Gasteiger partial charge in [0.05, 0.1) is 12.2 Å². The average Bonchev–Trinajstić information content (AvgIpc) is 2.63. The van der Waals surface area contributed by atoms with Gasteiger partial charge in [0.2, 0.25) is 0 Å². The molecule has 0 spiro atoms. The monoisotopic (exact) mass is 206 g/mol. The van der Waals surface area contributed by atoms with E-state index >= 15 is 0 Å². The van der Waals surface area contributed by atoms with E-state index in [9.17, 15) is 0 Å². The number of nitrogens with zero attached hydrogens (tertiary/aromatic N) is 2. The quantitative estimate of drug-likeness (QED) is 0.743. The van der Waals surface area contributed by atoms with Crippen LogP contribution in [0, 0.1) is 0 Å². The smallest absolute Gasteiger partial charge is 0.104 e. The molecule has 15 heavy (non-hydrogen) atoms. The molecule has 2 rings (SSSR count). The van der Waals surface area contributed by atoms with E-state index in [1.807, 2.05) is 7.05 Å². The minimum Gasteiger partial charge on any atom is -0.308 e. The maximum atomic E-state index is 4.15. The Bertz CT molecular complexity index is 315. The van der Waals surface area contributed by atoms with Crippen LogP contribution in [0.25, 0.3) is 0 Å². The van der Waals surface area contributed by atoms with E-state index in [1.165, 1.54) is 37.7 Å². The molecule has 1 aliphatic carbocycles. The number of hydrogen-bond donors (Lipinski definition) is 2. The van der Waals surface area contributed by atoms with Crippen LogP contribution < -0.4 is 5.32 Å². The second-order valence-corrected chi connectivity index (χ2v) is 3.99. The van der Waals surface area contributed by atoms with Gasteiger partial charge in [-0.25, -0.2) is 0 Å². The fourth-order valence-corrected chi connectivity index (χ4v) is 2.17. The molecule has 82 valence electrons. The second-order valence-electron chi connectivity index (χ2n) is 3.99. The summed E-state index contributed by atoms with van der Waals surface area (Å²) in [6, 6.07) is 0.238. The summed E-state index contributed by atoms with van der Waals surface area (Å²) < 4.78 is 0. The van der Waals surface area contributed by atoms with Crippen LogP contribution in [0.1, 0.15) is 43.8 Å². The van der Waals surface area contributed by atoms with Crippen LogP contribution in [0.4, 0.5) is 0 Å². The Morgan fingerprint density at radius 1 is 1.40 bits per heavy atom. The Balaban J connectivity index is 2.15. The number of likely N-dealkylation sites (N-methyl/N-ethyl adjacent to an activating group) is 1. The van der Waals surface area contributed by atoms with Crippen molar-refractivity contribution in [1.82, 2.24) is 20.7 Å². The van der Waals surface area contributed by atoms with Crippen LogP contribution in [0.5, 0.6) is 0 Å². The summed E-state index contributed by atoms with van der Waals surface area (Å²) in [5.74, 6) is 0. The van der Waals surface area contributed by atoms with Gasteiger partial charge in [0.1, 0.15) is 5.69 Å². The number of H-pyrrole nitrogens is 1. The highest BCUT2D eigenvalue weighted by atomic mass is 15.3. The largest absolute Gasteiger partial charge is 0.308 e. The first-order valence-electron chi connectivity index (χ1n) is 5.63. The third-order valence-corrected chi connectivity index (χ3v) is 2.96. The van der Waals surface area contributed by atoms with Gasteiger partial charge in [0.15, 0.2) is 0 Å². The number of aromatic nitrogens is 3. The van der Waals surface area contributed by atoms with Crippen molar-refractivity contribution in [2.24, 2.45) is 0 Å². The standard InChI is InChI=1S/C11H18N4/c1-12-11(10-8-13-15-14-10)9-6-4-2-3-5-7-9/h6,8,11-12H,2-5,7H2,1H3,(H,13,14,15). The summed E-state index contributed by atoms with van der Waals surface area (Å²) in [5, 5.41) is 14.0. The highest BCUT2D eigenvalue weighted by molar-refractivity contribution is 5.20. The molecule has 4 nitrogen and oxygen atoms in total. The minimum atomic E-state index is 0.238. The van der Waals surface area contributed by atoms with Gasteiger partial charge in [-0.05, 0) is 32.7 Å². The maximum absolute atomic E-state index is 4.15. The van der Waals surface area contributed by atoms with Crippen molar-refractivity contribution >= 4 is 0 Å². The third kappa shape index (κ3) is 2.45. The summed E-state index contributed by atoms with van der Waals surface area (Å²) in [7, 11) is 1.98. The van der Waals surface area contributed by atoms with Gasteiger partial charge in [-0.3, -0.25) is 0 Å². The van der Waals surface area contributed by atoms with Gasteiger partial charge in [-0.15, -0.1) is 0 Å². The number of rotatable bonds is 3. The highest BCUT2D eigenvalue weighted by Gasteiger charge is 2.17. The molecule has 0 amide bonds. The van der Waals surface area contributed by atoms with Crippen LogP contribution in [0.3, 0.4) is 0 Å². The maximum Gasteiger partial charge on any atom is 0.104 e. The molecule has 1 aliphatic rings. The van der Waals surface area contributed by atoms with Crippen LogP contribution in [-0.2, 0) is 0 Å². The molecule has 1 heterocycles. The lowest BCUT2D eigenvalue weighted by molar-refractivity contribution is 0.613. The molecule has 1 unspecified atom stereocenters. The molecule has 0 aliphatic heterocycles. The van der Waals surface area contributed by atoms with E-state index in [0.717, 1.165) is 5.69 Å². The predicted octanol–water partition coefficient (Wildman–Crippen LogP) is 1.96. The van der Waals surface area contributed by atoms with Crippen molar-refractivity contribution in [3.8, 4) is 0 Å². The van der Waals surface area contributed by atoms with Crippen molar-refractivity contribution in [2.45, 2.75) is 38.1 Å². The lowest BCUT2D eigenvalue weighted by Gasteiger charge is -2.16. The Morgan fingerprint density at radius 3 is 3.07 bits per heavy atom. The number of aromatic amines is 1. The first kappa shape index (κ1) is 10.4. The molecule has 4 heteroatoms. The number of hydrogen-bond acceptors (Lipinski definition) is 3. The Morgan fingerprint density at radius 2 is 2.33 bits per heavy atom. The number of nitrogens with one attached hydrogen (secondary N) is 2. The molecule has 1 atom stereocenters. The fourth-order valence-electron chi connectivity index (χ4n) is 2.17. The topological polar surface area (TPSA) is 53.6 Å². The molecule has 0 fully saturated rings. The van der Waals surface area contributed by atoms with Gasteiger partial charge >= 0.3 is 0 Å². The van der Waals surface area contributed by atoms with E-state index < -0.39 is 0 Å². The Hall–Kier alpha value is -1.16. The SMILES string of the molecule is CNC(C1=CCCCCC1)c1cn[nH]n1. The zero-order valence-electron chi connectivity index (χ0n) is 9.16. The van der Waals surface area contributed by atoms with Crippen LogP contribution >= 0.6 is 0 Å². The molecule has 0 saturated heterocycles. The first-order chi connectivity index (χ1) is 7.42. The minimum absolute atomic E-state index is 0.238. The lowest BCUT2D eigenvalue weighted by atomic mass is 10.00. The van der Waals surface area contributed by atoms with E-state index in [2.05, 4.69) is 26.8 Å². The van der Waals surface area contributed by atoms with Crippen LogP contribution in [-0.4, -0.2) is 22.5 Å². The third-order valence-electron chi connectivity index (χ3n) is 2.96. The summed E-state index contributed by atoms with van der Waals surface area (Å²) in [5.41, 5.74) is 2.45. The van der Waals surface area contributed by atoms with E-state index in [0.29, 0.717) is 0 Å². The molecule has 0 radical (unpaired) electrons. The van der Waals surface area contributed by atoms with Crippen molar-refractivity contribution in [2.75, 3.05) is 7.05 Å². The Labute approximate surface area is 90.2 Å². The number of allylic oxidation sites excluding steroid dienone is 1. The zero-order valence-corrected chi connectivity index (χ0v) is 9.16. The molecule has 0 aromatic carbocycles. The van der Waals surface area contributed by atoms with E-state index in [1.54, 1.807) is 6.20 Å². The van der Waals surface area contributed by atoms with Gasteiger partial charge in [0, 0.05) is 0 Å².